The van der Waals surface area contributed by atoms with E-state index in [0.717, 1.165) is 10.9 Å². The monoisotopic (exact) mass is 283 g/mol. The molecule has 20 heavy (non-hydrogen) atoms. The van der Waals surface area contributed by atoms with E-state index in [1.807, 2.05) is 10.9 Å². The van der Waals surface area contributed by atoms with Crippen LogP contribution in [0, 0.1) is 12.3 Å². The third-order valence-electron chi connectivity index (χ3n) is 3.13. The smallest absolute Gasteiger partial charge is 0.350 e. The van der Waals surface area contributed by atoms with E-state index in [1.165, 1.54) is 6.92 Å². The van der Waals surface area contributed by atoms with Crippen LogP contribution in [0.5, 0.6) is 0 Å². The molecule has 2 heterocycles. The molecule has 0 saturated carbocycles. The Morgan fingerprint density at radius 2 is 2.30 bits per heavy atom. The van der Waals surface area contributed by atoms with Crippen LogP contribution in [0.25, 0.3) is 0 Å². The molecule has 1 unspecified atom stereocenters. The Bertz CT molecular complexity index is 659. The van der Waals surface area contributed by atoms with Crippen LogP contribution in [-0.4, -0.2) is 53.8 Å². The first-order chi connectivity index (χ1) is 9.31. The standard InChI is InChI=1S/C11H13N3O6/c1-3-11(19)7(16)6(5(2)15)20-8(11)14-4-12-9(17)13-10(14)18/h1,4-8,15-16,19H,2H3,(H,13,17,18)/t5-,6+,7?,8+,11+/m0/s1. The van der Waals surface area contributed by atoms with E-state index in [9.17, 15) is 24.9 Å². The second-order valence-electron chi connectivity index (χ2n) is 4.50. The van der Waals surface area contributed by atoms with Crippen LogP contribution in [-0.2, 0) is 4.74 Å². The number of nitrogens with zero attached hydrogens (tertiary/aromatic N) is 2. The Morgan fingerprint density at radius 3 is 2.80 bits per heavy atom. The van der Waals surface area contributed by atoms with E-state index >= 15 is 0 Å². The number of H-pyrrole nitrogens is 1. The molecule has 0 spiro atoms. The van der Waals surface area contributed by atoms with Crippen molar-refractivity contribution in [2.24, 2.45) is 0 Å². The lowest BCUT2D eigenvalue weighted by Crippen LogP contribution is -2.49. The molecule has 1 aromatic heterocycles. The van der Waals surface area contributed by atoms with Crippen LogP contribution < -0.4 is 11.4 Å². The van der Waals surface area contributed by atoms with Crippen molar-refractivity contribution < 1.29 is 20.1 Å². The average molecular weight is 283 g/mol. The van der Waals surface area contributed by atoms with Crippen LogP contribution in [0.4, 0.5) is 0 Å². The minimum atomic E-state index is -2.24. The largest absolute Gasteiger partial charge is 0.391 e. The fraction of sp³-hybridized carbons (Fsp3) is 0.545. The number of rotatable bonds is 2. The van der Waals surface area contributed by atoms with Crippen molar-refractivity contribution in [1.82, 2.24) is 14.5 Å². The zero-order chi connectivity index (χ0) is 15.1. The number of hydrogen-bond acceptors (Lipinski definition) is 7. The molecule has 0 radical (unpaired) electrons. The first-order valence-corrected chi connectivity index (χ1v) is 5.70. The van der Waals surface area contributed by atoms with Gasteiger partial charge in [-0.2, -0.15) is 4.98 Å². The van der Waals surface area contributed by atoms with Gasteiger partial charge in [0.25, 0.3) is 0 Å². The summed E-state index contributed by atoms with van der Waals surface area (Å²) in [6.07, 6.45) is 0.604. The normalized spacial score (nSPS) is 34.6. The van der Waals surface area contributed by atoms with Gasteiger partial charge in [0.1, 0.15) is 18.5 Å². The molecule has 0 aromatic carbocycles. The summed E-state index contributed by atoms with van der Waals surface area (Å²) in [5.41, 5.74) is -4.03. The molecule has 1 aliphatic rings. The van der Waals surface area contributed by atoms with Gasteiger partial charge >= 0.3 is 11.4 Å². The zero-order valence-corrected chi connectivity index (χ0v) is 10.4. The molecule has 108 valence electrons. The quantitative estimate of drug-likeness (QED) is 0.423. The van der Waals surface area contributed by atoms with Gasteiger partial charge in [0.05, 0.1) is 6.10 Å². The van der Waals surface area contributed by atoms with E-state index < -0.39 is 41.5 Å². The van der Waals surface area contributed by atoms with Crippen molar-refractivity contribution >= 4 is 0 Å². The molecule has 1 fully saturated rings. The summed E-state index contributed by atoms with van der Waals surface area (Å²) in [6, 6.07) is 0. The minimum absolute atomic E-state index is 0.743. The summed E-state index contributed by atoms with van der Waals surface area (Å²) in [5, 5.41) is 29.8. The molecule has 0 aliphatic carbocycles. The SMILES string of the molecule is C#C[C@@]1(O)C(O)[C@@H]([C@H](C)O)O[C@H]1n1cnc(=O)[nH]c1=O. The van der Waals surface area contributed by atoms with Gasteiger partial charge in [0.2, 0.25) is 0 Å². The van der Waals surface area contributed by atoms with Crippen molar-refractivity contribution in [3.05, 3.63) is 27.3 Å². The van der Waals surface area contributed by atoms with E-state index in [-0.39, 0.29) is 0 Å². The Balaban J connectivity index is 2.53. The maximum Gasteiger partial charge on any atom is 0.350 e. The Labute approximate surface area is 112 Å². The summed E-state index contributed by atoms with van der Waals surface area (Å²) in [5.74, 6) is 1.96. The lowest BCUT2D eigenvalue weighted by Gasteiger charge is -2.26. The summed E-state index contributed by atoms with van der Waals surface area (Å²) in [4.78, 5) is 27.8. The average Bonchev–Trinajstić information content (AvgIpc) is 2.64. The van der Waals surface area contributed by atoms with Crippen LogP contribution in [0.1, 0.15) is 13.2 Å². The van der Waals surface area contributed by atoms with E-state index in [1.54, 1.807) is 0 Å². The fourth-order valence-electron chi connectivity index (χ4n) is 2.06. The third-order valence-corrected chi connectivity index (χ3v) is 3.13. The van der Waals surface area contributed by atoms with E-state index in [2.05, 4.69) is 4.98 Å². The van der Waals surface area contributed by atoms with Gasteiger partial charge in [0.15, 0.2) is 11.8 Å². The molecule has 0 bridgehead atoms. The summed E-state index contributed by atoms with van der Waals surface area (Å²) in [6.45, 7) is 1.33. The highest BCUT2D eigenvalue weighted by molar-refractivity contribution is 5.19. The van der Waals surface area contributed by atoms with Gasteiger partial charge in [-0.15, -0.1) is 6.42 Å². The number of aromatic nitrogens is 3. The molecule has 2 rings (SSSR count). The lowest BCUT2D eigenvalue weighted by molar-refractivity contribution is -0.0888. The molecule has 1 aliphatic heterocycles. The van der Waals surface area contributed by atoms with Crippen molar-refractivity contribution in [1.29, 1.82) is 0 Å². The van der Waals surface area contributed by atoms with Gasteiger partial charge in [0, 0.05) is 0 Å². The predicted molar refractivity (Wildman–Crippen MR) is 64.5 cm³/mol. The van der Waals surface area contributed by atoms with Gasteiger partial charge in [-0.05, 0) is 6.92 Å². The highest BCUT2D eigenvalue weighted by Crippen LogP contribution is 2.38. The van der Waals surface area contributed by atoms with Crippen LogP contribution in [0.15, 0.2) is 15.9 Å². The first kappa shape index (κ1) is 14.4. The predicted octanol–water partition coefficient (Wildman–Crippen LogP) is -3.07. The summed E-state index contributed by atoms with van der Waals surface area (Å²) in [7, 11) is 0. The van der Waals surface area contributed by atoms with Gasteiger partial charge in [-0.25, -0.2) is 9.59 Å². The Kier molecular flexibility index (Phi) is 3.49. The number of hydrogen-bond donors (Lipinski definition) is 4. The van der Waals surface area contributed by atoms with Gasteiger partial charge in [-0.3, -0.25) is 9.55 Å². The van der Waals surface area contributed by atoms with E-state index in [0.29, 0.717) is 0 Å². The molecular formula is C11H13N3O6. The minimum Gasteiger partial charge on any atom is -0.391 e. The topological polar surface area (TPSA) is 138 Å². The number of aromatic amines is 1. The first-order valence-electron chi connectivity index (χ1n) is 5.70. The number of aliphatic hydroxyl groups is 3. The van der Waals surface area contributed by atoms with Crippen LogP contribution in [0.3, 0.4) is 0 Å². The second kappa shape index (κ2) is 4.84. The second-order valence-corrected chi connectivity index (χ2v) is 4.50. The van der Waals surface area contributed by atoms with Crippen molar-refractivity contribution in [3.63, 3.8) is 0 Å². The fourth-order valence-corrected chi connectivity index (χ4v) is 2.06. The molecule has 9 nitrogen and oxygen atoms in total. The van der Waals surface area contributed by atoms with Crippen molar-refractivity contribution in [2.45, 2.75) is 37.1 Å². The lowest BCUT2D eigenvalue weighted by atomic mass is 9.93. The molecule has 1 saturated heterocycles. The van der Waals surface area contributed by atoms with Crippen molar-refractivity contribution in [2.75, 3.05) is 0 Å². The Hall–Kier alpha value is -1.99. The summed E-state index contributed by atoms with van der Waals surface area (Å²) < 4.78 is 6.00. The van der Waals surface area contributed by atoms with Gasteiger partial charge < -0.3 is 20.1 Å². The molecule has 4 N–H and O–H groups in total. The highest BCUT2D eigenvalue weighted by Gasteiger charge is 2.57. The number of nitrogens with one attached hydrogen (secondary N) is 1. The maximum atomic E-state index is 11.7. The van der Waals surface area contributed by atoms with Crippen LogP contribution >= 0.6 is 0 Å². The Morgan fingerprint density at radius 1 is 1.65 bits per heavy atom. The number of terminal acetylenes is 1. The molecule has 5 atom stereocenters. The summed E-state index contributed by atoms with van der Waals surface area (Å²) >= 11 is 0. The number of aliphatic hydroxyl groups excluding tert-OH is 2. The molecule has 0 amide bonds. The molecular weight excluding hydrogens is 270 g/mol. The number of ether oxygens (including phenoxy) is 1. The third kappa shape index (κ3) is 2.04. The van der Waals surface area contributed by atoms with Gasteiger partial charge in [-0.1, -0.05) is 5.92 Å². The van der Waals surface area contributed by atoms with E-state index in [4.69, 9.17) is 11.2 Å². The highest BCUT2D eigenvalue weighted by atomic mass is 16.6. The zero-order valence-electron chi connectivity index (χ0n) is 10.4. The van der Waals surface area contributed by atoms with Crippen molar-refractivity contribution in [3.8, 4) is 12.3 Å². The molecule has 9 heteroatoms. The maximum absolute atomic E-state index is 11.7. The van der Waals surface area contributed by atoms with Crippen LogP contribution in [0.2, 0.25) is 0 Å². The molecule has 1 aromatic rings.